The summed E-state index contributed by atoms with van der Waals surface area (Å²) < 4.78 is 11.1. The van der Waals surface area contributed by atoms with Gasteiger partial charge in [-0.25, -0.2) is 0 Å². The van der Waals surface area contributed by atoms with E-state index >= 15 is 0 Å². The molecule has 1 fully saturated rings. The Morgan fingerprint density at radius 3 is 2.29 bits per heavy atom. The van der Waals surface area contributed by atoms with Crippen LogP contribution in [0.1, 0.15) is 29.5 Å². The van der Waals surface area contributed by atoms with Crippen LogP contribution in [0.5, 0.6) is 11.5 Å². The van der Waals surface area contributed by atoms with Gasteiger partial charge in [-0.15, -0.1) is 0 Å². The third kappa shape index (κ3) is 2.41. The molecule has 3 atom stereocenters. The second-order valence-corrected chi connectivity index (χ2v) is 8.71. The molecule has 0 radical (unpaired) electrons. The molecule has 1 saturated carbocycles. The van der Waals surface area contributed by atoms with Gasteiger partial charge in [-0.1, -0.05) is 83.9 Å². The van der Waals surface area contributed by atoms with E-state index in [4.69, 9.17) is 32.7 Å². The van der Waals surface area contributed by atoms with Crippen molar-refractivity contribution in [3.8, 4) is 11.5 Å². The van der Waals surface area contributed by atoms with Gasteiger partial charge in [0.05, 0.1) is 12.5 Å². The number of rotatable bonds is 4. The molecule has 28 heavy (non-hydrogen) atoms. The number of hydrogen-bond donors (Lipinski definition) is 0. The number of benzene rings is 3. The average Bonchev–Trinajstić information content (AvgIpc) is 3.23. The van der Waals surface area contributed by atoms with E-state index in [1.165, 1.54) is 5.56 Å². The summed E-state index contributed by atoms with van der Waals surface area (Å²) in [6.45, 7) is 2.60. The Balaban J connectivity index is 1.66. The van der Waals surface area contributed by atoms with Gasteiger partial charge in [-0.05, 0) is 36.2 Å². The fourth-order valence-corrected chi connectivity index (χ4v) is 5.57. The highest BCUT2D eigenvalue weighted by molar-refractivity contribution is 6.52. The maximum atomic E-state index is 6.95. The third-order valence-electron chi connectivity index (χ3n) is 5.85. The Morgan fingerprint density at radius 2 is 1.57 bits per heavy atom. The average molecular weight is 411 g/mol. The van der Waals surface area contributed by atoms with E-state index in [1.807, 2.05) is 55.5 Å². The van der Waals surface area contributed by atoms with E-state index in [0.29, 0.717) is 6.61 Å². The minimum atomic E-state index is -1.03. The molecule has 0 aromatic heterocycles. The lowest BCUT2D eigenvalue weighted by molar-refractivity contribution is 0.137. The van der Waals surface area contributed by atoms with Crippen LogP contribution < -0.4 is 9.47 Å². The third-order valence-corrected chi connectivity index (χ3v) is 6.88. The molecule has 1 heterocycles. The van der Waals surface area contributed by atoms with Crippen molar-refractivity contribution >= 4 is 23.2 Å². The molecule has 0 unspecified atom stereocenters. The number of hydrogen-bond acceptors (Lipinski definition) is 2. The molecule has 2 aliphatic rings. The number of ether oxygens (including phenoxy) is 2. The SMILES string of the molecule is CCOc1ccc([C@]23Oc4ccccc4[C@H](c4ccccc4)[C@H]2C3(Cl)Cl)cc1. The molecule has 0 N–H and O–H groups in total. The zero-order valence-electron chi connectivity index (χ0n) is 15.4. The van der Waals surface area contributed by atoms with Gasteiger partial charge in [0, 0.05) is 11.5 Å². The minimum absolute atomic E-state index is 0.0627. The van der Waals surface area contributed by atoms with E-state index in [9.17, 15) is 0 Å². The first-order chi connectivity index (χ1) is 13.6. The molecule has 0 bridgehead atoms. The lowest BCUT2D eigenvalue weighted by Crippen LogP contribution is -2.28. The summed E-state index contributed by atoms with van der Waals surface area (Å²) in [5.41, 5.74) is 2.52. The van der Waals surface area contributed by atoms with Gasteiger partial charge >= 0.3 is 0 Å². The molecule has 0 amide bonds. The minimum Gasteiger partial charge on any atom is -0.494 e. The zero-order chi connectivity index (χ0) is 19.4. The van der Waals surface area contributed by atoms with Gasteiger partial charge < -0.3 is 9.47 Å². The molecule has 4 heteroatoms. The lowest BCUT2D eigenvalue weighted by atomic mass is 9.82. The topological polar surface area (TPSA) is 18.5 Å². The van der Waals surface area contributed by atoms with Crippen molar-refractivity contribution in [1.29, 1.82) is 0 Å². The van der Waals surface area contributed by atoms with Gasteiger partial charge in [-0.2, -0.15) is 0 Å². The van der Waals surface area contributed by atoms with Gasteiger partial charge in [0.2, 0.25) is 0 Å². The van der Waals surface area contributed by atoms with Crippen LogP contribution in [0.15, 0.2) is 78.9 Å². The normalized spacial score (nSPS) is 26.5. The van der Waals surface area contributed by atoms with Crippen LogP contribution in [0.2, 0.25) is 0 Å². The summed E-state index contributed by atoms with van der Waals surface area (Å²) in [4.78, 5) is 0. The second kappa shape index (κ2) is 6.43. The van der Waals surface area contributed by atoms with Gasteiger partial charge in [0.1, 0.15) is 11.5 Å². The van der Waals surface area contributed by atoms with Crippen molar-refractivity contribution in [3.05, 3.63) is 95.6 Å². The Kier molecular flexibility index (Phi) is 4.12. The van der Waals surface area contributed by atoms with Crippen LogP contribution >= 0.6 is 23.2 Å². The first-order valence-electron chi connectivity index (χ1n) is 9.53. The fourth-order valence-electron chi connectivity index (χ4n) is 4.59. The standard InChI is InChI=1S/C24H20Cl2O2/c1-2-27-18-14-12-17(13-15-18)23-22(24(23,25)26)21(16-8-4-3-5-9-16)19-10-6-7-11-20(19)28-23/h3-15,21-22H,2H2,1H3/t21-,22+,23-/m0/s1. The second-order valence-electron chi connectivity index (χ2n) is 7.32. The molecule has 0 spiro atoms. The largest absolute Gasteiger partial charge is 0.494 e. The number of para-hydroxylation sites is 1. The lowest BCUT2D eigenvalue weighted by Gasteiger charge is -2.31. The Hall–Kier alpha value is -2.16. The highest BCUT2D eigenvalue weighted by Crippen LogP contribution is 2.77. The first-order valence-corrected chi connectivity index (χ1v) is 10.3. The maximum Gasteiger partial charge on any atom is 0.174 e. The van der Waals surface area contributed by atoms with Crippen molar-refractivity contribution in [1.82, 2.24) is 0 Å². The molecule has 1 aliphatic heterocycles. The molecule has 142 valence electrons. The molecule has 1 aliphatic carbocycles. The van der Waals surface area contributed by atoms with Crippen molar-refractivity contribution in [2.45, 2.75) is 22.8 Å². The van der Waals surface area contributed by atoms with Crippen LogP contribution in [-0.2, 0) is 5.60 Å². The highest BCUT2D eigenvalue weighted by Gasteiger charge is 2.83. The van der Waals surface area contributed by atoms with Crippen LogP contribution in [0.4, 0.5) is 0 Å². The molecule has 3 aromatic carbocycles. The molecule has 2 nitrogen and oxygen atoms in total. The summed E-state index contributed by atoms with van der Waals surface area (Å²) in [6.07, 6.45) is 0. The fraction of sp³-hybridized carbons (Fsp3) is 0.250. The van der Waals surface area contributed by atoms with E-state index in [0.717, 1.165) is 22.6 Å². The predicted octanol–water partition coefficient (Wildman–Crippen LogP) is 6.31. The van der Waals surface area contributed by atoms with E-state index < -0.39 is 9.93 Å². The van der Waals surface area contributed by atoms with Crippen LogP contribution in [0.3, 0.4) is 0 Å². The molecular weight excluding hydrogens is 391 g/mol. The van der Waals surface area contributed by atoms with Crippen LogP contribution in [0, 0.1) is 5.92 Å². The monoisotopic (exact) mass is 410 g/mol. The van der Waals surface area contributed by atoms with Gasteiger partial charge in [0.25, 0.3) is 0 Å². The van der Waals surface area contributed by atoms with Crippen molar-refractivity contribution in [3.63, 3.8) is 0 Å². The van der Waals surface area contributed by atoms with Gasteiger partial charge in [0.15, 0.2) is 9.93 Å². The summed E-state index contributed by atoms with van der Waals surface area (Å²) in [7, 11) is 0. The summed E-state index contributed by atoms with van der Waals surface area (Å²) in [6, 6.07) is 26.5. The molecule has 3 aromatic rings. The predicted molar refractivity (Wildman–Crippen MR) is 113 cm³/mol. The summed E-state index contributed by atoms with van der Waals surface area (Å²) >= 11 is 13.9. The number of fused-ring (bicyclic) bond motifs is 2. The smallest absolute Gasteiger partial charge is 0.174 e. The Bertz CT molecular complexity index is 1000. The van der Waals surface area contributed by atoms with Crippen molar-refractivity contribution in [2.24, 2.45) is 5.92 Å². The maximum absolute atomic E-state index is 6.95. The summed E-state index contributed by atoms with van der Waals surface area (Å²) in [5.74, 6) is 1.64. The van der Waals surface area contributed by atoms with Crippen molar-refractivity contribution < 1.29 is 9.47 Å². The van der Waals surface area contributed by atoms with Crippen LogP contribution in [0.25, 0.3) is 0 Å². The molecular formula is C24H20Cl2O2. The summed E-state index contributed by atoms with van der Waals surface area (Å²) in [5, 5.41) is 0. The van der Waals surface area contributed by atoms with E-state index in [1.54, 1.807) is 0 Å². The van der Waals surface area contributed by atoms with Gasteiger partial charge in [-0.3, -0.25) is 0 Å². The Morgan fingerprint density at radius 1 is 0.893 bits per heavy atom. The number of halogens is 2. The van der Waals surface area contributed by atoms with Crippen LogP contribution in [-0.4, -0.2) is 10.9 Å². The molecule has 0 saturated heterocycles. The molecule has 5 rings (SSSR count). The first kappa shape index (κ1) is 17.9. The Labute approximate surface area is 175 Å². The highest BCUT2D eigenvalue weighted by atomic mass is 35.5. The van der Waals surface area contributed by atoms with E-state index in [-0.39, 0.29) is 11.8 Å². The number of alkyl halides is 2. The van der Waals surface area contributed by atoms with E-state index in [2.05, 4.69) is 30.3 Å². The van der Waals surface area contributed by atoms with Crippen molar-refractivity contribution in [2.75, 3.05) is 6.61 Å². The quantitative estimate of drug-likeness (QED) is 0.469. The zero-order valence-corrected chi connectivity index (χ0v) is 17.0.